The summed E-state index contributed by atoms with van der Waals surface area (Å²) in [5.74, 6) is -0.0902. The topological polar surface area (TPSA) is 70.2 Å². The molecule has 1 aliphatic carbocycles. The molecule has 0 atom stereocenters. The lowest BCUT2D eigenvalue weighted by molar-refractivity contribution is -0.120. The molecule has 0 bridgehead atoms. The number of hydrogen-bond acceptors (Lipinski definition) is 2. The van der Waals surface area contributed by atoms with Gasteiger partial charge in [-0.2, -0.15) is 0 Å². The van der Waals surface area contributed by atoms with Crippen molar-refractivity contribution in [2.75, 3.05) is 19.6 Å². The maximum Gasteiger partial charge on any atom is 0.315 e. The zero-order valence-corrected chi connectivity index (χ0v) is 13.6. The molecule has 6 heteroatoms. The standard InChI is InChI=1S/C17H24FN3O2/c1-12(2)9-19-15(22)10-20-16(23)21-11-17(7-8-17)13-5-3-4-6-14(13)18/h3-6,12H,7-11H2,1-2H3,(H,19,22)(H2,20,21,23). The van der Waals surface area contributed by atoms with Crippen LogP contribution in [-0.2, 0) is 10.2 Å². The van der Waals surface area contributed by atoms with Gasteiger partial charge in [0.15, 0.2) is 0 Å². The molecule has 1 aromatic rings. The van der Waals surface area contributed by atoms with Crippen molar-refractivity contribution < 1.29 is 14.0 Å². The summed E-state index contributed by atoms with van der Waals surface area (Å²) in [7, 11) is 0. The van der Waals surface area contributed by atoms with Gasteiger partial charge in [-0.1, -0.05) is 32.0 Å². The number of benzene rings is 1. The van der Waals surface area contributed by atoms with Crippen molar-refractivity contribution in [3.8, 4) is 0 Å². The minimum atomic E-state index is -0.410. The summed E-state index contributed by atoms with van der Waals surface area (Å²) in [6, 6.07) is 6.26. The number of carbonyl (C=O) groups excluding carboxylic acids is 2. The summed E-state index contributed by atoms with van der Waals surface area (Å²) in [4.78, 5) is 23.3. The number of halogens is 1. The highest BCUT2D eigenvalue weighted by atomic mass is 19.1. The third-order valence-electron chi connectivity index (χ3n) is 4.00. The molecule has 5 nitrogen and oxygen atoms in total. The van der Waals surface area contributed by atoms with Gasteiger partial charge in [0.05, 0.1) is 6.54 Å². The molecular weight excluding hydrogens is 297 g/mol. The van der Waals surface area contributed by atoms with Crippen molar-refractivity contribution in [2.45, 2.75) is 32.1 Å². The van der Waals surface area contributed by atoms with Crippen molar-refractivity contribution in [3.05, 3.63) is 35.6 Å². The lowest BCUT2D eigenvalue weighted by atomic mass is 9.95. The fourth-order valence-electron chi connectivity index (χ4n) is 2.44. The van der Waals surface area contributed by atoms with Crippen LogP contribution >= 0.6 is 0 Å². The average molecular weight is 321 g/mol. The van der Waals surface area contributed by atoms with Crippen molar-refractivity contribution >= 4 is 11.9 Å². The fourth-order valence-corrected chi connectivity index (χ4v) is 2.44. The van der Waals surface area contributed by atoms with Crippen LogP contribution in [0.3, 0.4) is 0 Å². The minimum absolute atomic E-state index is 0.0642. The number of urea groups is 1. The second-order valence-electron chi connectivity index (χ2n) is 6.49. The third-order valence-corrected chi connectivity index (χ3v) is 4.00. The van der Waals surface area contributed by atoms with E-state index in [0.717, 1.165) is 12.8 Å². The van der Waals surface area contributed by atoms with Crippen LogP contribution in [0.5, 0.6) is 0 Å². The summed E-state index contributed by atoms with van der Waals surface area (Å²) < 4.78 is 13.9. The number of nitrogens with one attached hydrogen (secondary N) is 3. The van der Waals surface area contributed by atoms with Crippen LogP contribution in [-0.4, -0.2) is 31.6 Å². The number of rotatable bonds is 7. The maximum absolute atomic E-state index is 13.9. The van der Waals surface area contributed by atoms with Crippen molar-refractivity contribution in [1.29, 1.82) is 0 Å². The van der Waals surface area contributed by atoms with E-state index >= 15 is 0 Å². The second kappa shape index (κ2) is 7.44. The van der Waals surface area contributed by atoms with Gasteiger partial charge in [0.1, 0.15) is 5.82 Å². The Kier molecular flexibility index (Phi) is 5.58. The van der Waals surface area contributed by atoms with Crippen LogP contribution < -0.4 is 16.0 Å². The van der Waals surface area contributed by atoms with Crippen molar-refractivity contribution in [2.24, 2.45) is 5.92 Å². The SMILES string of the molecule is CC(C)CNC(=O)CNC(=O)NCC1(c2ccccc2F)CC1. The first kappa shape index (κ1) is 17.2. The summed E-state index contributed by atoms with van der Waals surface area (Å²) >= 11 is 0. The predicted octanol–water partition coefficient (Wildman–Crippen LogP) is 1.93. The Hall–Kier alpha value is -2.11. The van der Waals surface area contributed by atoms with Crippen molar-refractivity contribution in [3.63, 3.8) is 0 Å². The molecule has 3 N–H and O–H groups in total. The molecule has 23 heavy (non-hydrogen) atoms. The fraction of sp³-hybridized carbons (Fsp3) is 0.529. The van der Waals surface area contributed by atoms with E-state index in [4.69, 9.17) is 0 Å². The predicted molar refractivity (Wildman–Crippen MR) is 86.6 cm³/mol. The molecule has 2 rings (SSSR count). The molecule has 0 heterocycles. The molecule has 1 saturated carbocycles. The van der Waals surface area contributed by atoms with E-state index in [1.54, 1.807) is 18.2 Å². The highest BCUT2D eigenvalue weighted by molar-refractivity contribution is 5.83. The largest absolute Gasteiger partial charge is 0.354 e. The van der Waals surface area contributed by atoms with Crippen LogP contribution in [0, 0.1) is 11.7 Å². The summed E-state index contributed by atoms with van der Waals surface area (Å²) in [6.07, 6.45) is 1.70. The van der Waals surface area contributed by atoms with E-state index < -0.39 is 6.03 Å². The lowest BCUT2D eigenvalue weighted by Crippen LogP contribution is -2.44. The van der Waals surface area contributed by atoms with E-state index in [9.17, 15) is 14.0 Å². The van der Waals surface area contributed by atoms with Crippen molar-refractivity contribution in [1.82, 2.24) is 16.0 Å². The first-order valence-electron chi connectivity index (χ1n) is 7.96. The maximum atomic E-state index is 13.9. The van der Waals surface area contributed by atoms with Gasteiger partial charge in [0.25, 0.3) is 0 Å². The van der Waals surface area contributed by atoms with Crippen LogP contribution in [0.15, 0.2) is 24.3 Å². The van der Waals surface area contributed by atoms with E-state index in [-0.39, 0.29) is 23.7 Å². The van der Waals surface area contributed by atoms with Gasteiger partial charge >= 0.3 is 6.03 Å². The highest BCUT2D eigenvalue weighted by Gasteiger charge is 2.45. The van der Waals surface area contributed by atoms with E-state index in [1.807, 2.05) is 13.8 Å². The number of carbonyl (C=O) groups is 2. The van der Waals surface area contributed by atoms with Gasteiger partial charge in [0, 0.05) is 18.5 Å². The zero-order chi connectivity index (χ0) is 16.9. The highest BCUT2D eigenvalue weighted by Crippen LogP contribution is 2.48. The molecule has 0 aromatic heterocycles. The van der Waals surface area contributed by atoms with Gasteiger partial charge in [-0.15, -0.1) is 0 Å². The molecule has 1 fully saturated rings. The molecule has 3 amide bonds. The molecule has 126 valence electrons. The zero-order valence-electron chi connectivity index (χ0n) is 13.6. The Labute approximate surface area is 136 Å². The Morgan fingerprint density at radius 2 is 1.87 bits per heavy atom. The van der Waals surface area contributed by atoms with Gasteiger partial charge in [0.2, 0.25) is 5.91 Å². The number of hydrogen-bond donors (Lipinski definition) is 3. The molecular formula is C17H24FN3O2. The Morgan fingerprint density at radius 3 is 2.48 bits per heavy atom. The minimum Gasteiger partial charge on any atom is -0.354 e. The third kappa shape index (κ3) is 4.94. The second-order valence-corrected chi connectivity index (χ2v) is 6.49. The Bertz CT molecular complexity index is 571. The quantitative estimate of drug-likeness (QED) is 0.718. The molecule has 0 spiro atoms. The Morgan fingerprint density at radius 1 is 1.17 bits per heavy atom. The average Bonchev–Trinajstić information content (AvgIpc) is 3.30. The van der Waals surface area contributed by atoms with Gasteiger partial charge in [-0.25, -0.2) is 9.18 Å². The monoisotopic (exact) mass is 321 g/mol. The molecule has 0 aliphatic heterocycles. The first-order chi connectivity index (χ1) is 10.9. The van der Waals surface area contributed by atoms with Crippen LogP contribution in [0.25, 0.3) is 0 Å². The molecule has 0 unspecified atom stereocenters. The Balaban J connectivity index is 1.75. The van der Waals surface area contributed by atoms with Crippen LogP contribution in [0.2, 0.25) is 0 Å². The van der Waals surface area contributed by atoms with Crippen LogP contribution in [0.4, 0.5) is 9.18 Å². The van der Waals surface area contributed by atoms with Gasteiger partial charge in [-0.3, -0.25) is 4.79 Å². The van der Waals surface area contributed by atoms with Gasteiger partial charge < -0.3 is 16.0 Å². The summed E-state index contributed by atoms with van der Waals surface area (Å²) in [6.45, 7) is 4.88. The lowest BCUT2D eigenvalue weighted by Gasteiger charge is -2.17. The molecule has 1 aliphatic rings. The smallest absolute Gasteiger partial charge is 0.315 e. The molecule has 0 radical (unpaired) electrons. The molecule has 0 saturated heterocycles. The normalized spacial score (nSPS) is 15.1. The van der Waals surface area contributed by atoms with E-state index in [1.165, 1.54) is 6.07 Å². The van der Waals surface area contributed by atoms with E-state index in [0.29, 0.717) is 24.6 Å². The van der Waals surface area contributed by atoms with Gasteiger partial charge in [-0.05, 0) is 30.4 Å². The first-order valence-corrected chi connectivity index (χ1v) is 7.96. The molecule has 1 aromatic carbocycles. The number of amides is 3. The van der Waals surface area contributed by atoms with E-state index in [2.05, 4.69) is 16.0 Å². The van der Waals surface area contributed by atoms with Crippen LogP contribution in [0.1, 0.15) is 32.3 Å². The summed E-state index contributed by atoms with van der Waals surface area (Å²) in [5.41, 5.74) is 0.345. The summed E-state index contributed by atoms with van der Waals surface area (Å²) in [5, 5.41) is 7.98.